The van der Waals surface area contributed by atoms with Crippen molar-refractivity contribution < 1.29 is 40.3 Å². The minimum absolute atomic E-state index is 0.0138. The minimum Gasteiger partial charge on any atom is -0.354 e. The van der Waals surface area contributed by atoms with Crippen molar-refractivity contribution in [2.24, 2.45) is 0 Å². The number of carbonyl (C=O) groups is 3. The van der Waals surface area contributed by atoms with E-state index >= 15 is 0 Å². The largest absolute Gasteiger partial charge is 0.354 e. The highest BCUT2D eigenvalue weighted by Crippen LogP contribution is 2.37. The Kier molecular flexibility index (Phi) is 6.33. The second-order valence-corrected chi connectivity index (χ2v) is 10.9. The summed E-state index contributed by atoms with van der Waals surface area (Å²) in [6, 6.07) is 10.9. The third-order valence-corrected chi connectivity index (χ3v) is 7.20. The average molecular weight is 543 g/mol. The van der Waals surface area contributed by atoms with Crippen molar-refractivity contribution in [3.8, 4) is 0 Å². The molecular weight excluding hydrogens is 524 g/mol. The van der Waals surface area contributed by atoms with Crippen molar-refractivity contribution in [1.82, 2.24) is 0 Å². The van der Waals surface area contributed by atoms with Gasteiger partial charge < -0.3 is 10.6 Å². The number of fused-ring (bicyclic) bond motifs is 2. The molecule has 0 spiro atoms. The molecule has 1 amide bonds. The van der Waals surface area contributed by atoms with E-state index < -0.39 is 47.5 Å². The summed E-state index contributed by atoms with van der Waals surface area (Å²) in [6.45, 7) is 4.90. The lowest BCUT2D eigenvalue weighted by atomic mass is 9.83. The highest BCUT2D eigenvalue weighted by molar-refractivity contribution is 7.86. The van der Waals surface area contributed by atoms with Gasteiger partial charge in [-0.3, -0.25) is 23.5 Å². The van der Waals surface area contributed by atoms with E-state index in [-0.39, 0.29) is 44.9 Å². The maximum Gasteiger partial charge on any atom is 0.296 e. The van der Waals surface area contributed by atoms with Crippen LogP contribution in [0.3, 0.4) is 0 Å². The average Bonchev–Trinajstić information content (AvgIpc) is 2.81. The van der Waals surface area contributed by atoms with Crippen molar-refractivity contribution in [1.29, 1.82) is 0 Å². The molecule has 4 N–H and O–H groups in total. The number of hydrogen-bond donors (Lipinski definition) is 4. The molecule has 3 aromatic carbocycles. The summed E-state index contributed by atoms with van der Waals surface area (Å²) >= 11 is 0. The molecule has 1 aliphatic carbocycles. The Balaban J connectivity index is 1.92. The third kappa shape index (κ3) is 4.93. The number of anilines is 3. The molecule has 0 radical (unpaired) electrons. The molecular formula is C24H18N2O9S2. The number of benzene rings is 3. The standard InChI is InChI=1S/C24H18N2O9S2/c1-12(2)24(29)25-13-7-8-18(20(9-13)37(33,34)35)26-19-11-14(36(30,31)32)10-17-21(19)23(28)16-6-4-3-5-15(16)22(17)27/h3-11,26H,1H2,2H3,(H,25,29)(H,30,31,32)(H,33,34,35). The topological polar surface area (TPSA) is 184 Å². The van der Waals surface area contributed by atoms with Gasteiger partial charge in [0.2, 0.25) is 0 Å². The fraction of sp³-hybridized carbons (Fsp3) is 0.0417. The van der Waals surface area contributed by atoms with Gasteiger partial charge in [-0.15, -0.1) is 0 Å². The zero-order valence-electron chi connectivity index (χ0n) is 19.0. The Labute approximate surface area is 211 Å². The van der Waals surface area contributed by atoms with Crippen LogP contribution in [0.15, 0.2) is 76.5 Å². The van der Waals surface area contributed by atoms with Crippen LogP contribution in [0, 0.1) is 0 Å². The predicted octanol–water partition coefficient (Wildman–Crippen LogP) is 3.21. The van der Waals surface area contributed by atoms with Crippen LogP contribution < -0.4 is 10.6 Å². The van der Waals surface area contributed by atoms with E-state index in [0.29, 0.717) is 0 Å². The number of amides is 1. The van der Waals surface area contributed by atoms with E-state index in [2.05, 4.69) is 17.2 Å². The Morgan fingerprint density at radius 1 is 0.811 bits per heavy atom. The molecule has 0 aliphatic heterocycles. The summed E-state index contributed by atoms with van der Waals surface area (Å²) in [5.41, 5.74) is -1.05. The lowest BCUT2D eigenvalue weighted by molar-refractivity contribution is -0.112. The molecule has 190 valence electrons. The van der Waals surface area contributed by atoms with Gasteiger partial charge in [-0.1, -0.05) is 30.8 Å². The minimum atomic E-state index is -4.92. The molecule has 0 unspecified atom stereocenters. The Morgan fingerprint density at radius 2 is 1.43 bits per heavy atom. The van der Waals surface area contributed by atoms with Gasteiger partial charge in [0, 0.05) is 28.0 Å². The molecule has 0 saturated carbocycles. The van der Waals surface area contributed by atoms with Crippen molar-refractivity contribution in [2.45, 2.75) is 16.7 Å². The van der Waals surface area contributed by atoms with Crippen LogP contribution in [0.2, 0.25) is 0 Å². The van der Waals surface area contributed by atoms with Crippen LogP contribution in [0.5, 0.6) is 0 Å². The van der Waals surface area contributed by atoms with Crippen molar-refractivity contribution >= 4 is 54.8 Å². The summed E-state index contributed by atoms with van der Waals surface area (Å²) in [4.78, 5) is 36.9. The fourth-order valence-electron chi connectivity index (χ4n) is 3.75. The number of hydrogen-bond acceptors (Lipinski definition) is 8. The van der Waals surface area contributed by atoms with Gasteiger partial charge in [0.25, 0.3) is 26.1 Å². The van der Waals surface area contributed by atoms with E-state index in [1.165, 1.54) is 37.3 Å². The van der Waals surface area contributed by atoms with Crippen LogP contribution in [-0.4, -0.2) is 43.4 Å². The fourth-order valence-corrected chi connectivity index (χ4v) is 4.95. The first-order chi connectivity index (χ1) is 17.2. The molecule has 0 atom stereocenters. The summed E-state index contributed by atoms with van der Waals surface area (Å²) < 4.78 is 67.6. The van der Waals surface area contributed by atoms with Crippen LogP contribution in [0.25, 0.3) is 0 Å². The van der Waals surface area contributed by atoms with E-state index in [1.807, 2.05) is 0 Å². The van der Waals surface area contributed by atoms with Crippen molar-refractivity contribution in [3.05, 3.63) is 89.0 Å². The van der Waals surface area contributed by atoms with E-state index in [0.717, 1.165) is 24.3 Å². The summed E-state index contributed by atoms with van der Waals surface area (Å²) in [6.07, 6.45) is 0. The van der Waals surface area contributed by atoms with Gasteiger partial charge in [-0.05, 0) is 37.3 Å². The molecule has 0 aromatic heterocycles. The van der Waals surface area contributed by atoms with Gasteiger partial charge in [0.1, 0.15) is 4.90 Å². The number of rotatable bonds is 6. The number of nitrogens with one attached hydrogen (secondary N) is 2. The van der Waals surface area contributed by atoms with Gasteiger partial charge in [0.15, 0.2) is 11.6 Å². The first-order valence-electron chi connectivity index (χ1n) is 10.4. The predicted molar refractivity (Wildman–Crippen MR) is 133 cm³/mol. The normalized spacial score (nSPS) is 12.9. The molecule has 3 aromatic rings. The number of ketones is 2. The maximum atomic E-state index is 13.3. The quantitative estimate of drug-likeness (QED) is 0.208. The Bertz CT molecular complexity index is 1760. The lowest BCUT2D eigenvalue weighted by Crippen LogP contribution is -2.23. The maximum absolute atomic E-state index is 13.3. The molecule has 4 rings (SSSR count). The monoisotopic (exact) mass is 542 g/mol. The summed E-state index contributed by atoms with van der Waals surface area (Å²) in [7, 11) is -9.78. The molecule has 37 heavy (non-hydrogen) atoms. The van der Waals surface area contributed by atoms with Crippen LogP contribution in [-0.2, 0) is 25.0 Å². The third-order valence-electron chi connectivity index (χ3n) is 5.47. The Hall–Kier alpha value is -4.17. The SMILES string of the molecule is C=C(C)C(=O)Nc1ccc(Nc2cc(S(=O)(=O)O)cc3c2C(=O)c2ccccc2C3=O)c(S(=O)(=O)O)c1. The van der Waals surface area contributed by atoms with Gasteiger partial charge >= 0.3 is 0 Å². The Morgan fingerprint density at radius 3 is 2.00 bits per heavy atom. The van der Waals surface area contributed by atoms with E-state index in [4.69, 9.17) is 0 Å². The zero-order valence-corrected chi connectivity index (χ0v) is 20.6. The van der Waals surface area contributed by atoms with Gasteiger partial charge in [-0.25, -0.2) is 0 Å². The van der Waals surface area contributed by atoms with Crippen LogP contribution in [0.1, 0.15) is 38.8 Å². The van der Waals surface area contributed by atoms with E-state index in [1.54, 1.807) is 0 Å². The van der Waals surface area contributed by atoms with Gasteiger partial charge in [0.05, 0.1) is 21.8 Å². The van der Waals surface area contributed by atoms with Crippen LogP contribution >= 0.6 is 0 Å². The second kappa shape index (κ2) is 9.05. The highest BCUT2D eigenvalue weighted by atomic mass is 32.2. The van der Waals surface area contributed by atoms with Gasteiger partial charge in [-0.2, -0.15) is 16.8 Å². The molecule has 13 heteroatoms. The highest BCUT2D eigenvalue weighted by Gasteiger charge is 2.34. The number of carbonyl (C=O) groups excluding carboxylic acids is 3. The first-order valence-corrected chi connectivity index (χ1v) is 13.3. The summed E-state index contributed by atoms with van der Waals surface area (Å²) in [5.74, 6) is -1.96. The summed E-state index contributed by atoms with van der Waals surface area (Å²) in [5, 5.41) is 4.98. The molecule has 0 fully saturated rings. The molecule has 0 heterocycles. The van der Waals surface area contributed by atoms with Crippen molar-refractivity contribution in [2.75, 3.05) is 10.6 Å². The van der Waals surface area contributed by atoms with E-state index in [9.17, 15) is 40.3 Å². The van der Waals surface area contributed by atoms with Crippen molar-refractivity contribution in [3.63, 3.8) is 0 Å². The first kappa shape index (κ1) is 25.9. The van der Waals surface area contributed by atoms with Crippen LogP contribution in [0.4, 0.5) is 17.1 Å². The smallest absolute Gasteiger partial charge is 0.296 e. The lowest BCUT2D eigenvalue weighted by Gasteiger charge is -2.22. The molecule has 1 aliphatic rings. The second-order valence-electron chi connectivity index (χ2n) is 8.12. The molecule has 0 saturated heterocycles. The zero-order chi connectivity index (χ0) is 27.3. The molecule has 11 nitrogen and oxygen atoms in total. The molecule has 0 bridgehead atoms.